The number of hydrogen-bond donors (Lipinski definition) is 3. The summed E-state index contributed by atoms with van der Waals surface area (Å²) in [7, 11) is -8.94. The smallest absolute Gasteiger partial charge is 0.300 e. The fourth-order valence-corrected chi connectivity index (χ4v) is 3.12. The molecule has 2 aromatic carbocycles. The normalized spacial score (nSPS) is 11.1. The van der Waals surface area contributed by atoms with Crippen LogP contribution in [0.2, 0.25) is 0 Å². The van der Waals surface area contributed by atoms with Gasteiger partial charge in [0.15, 0.2) is 0 Å². The molecule has 0 aromatic heterocycles. The van der Waals surface area contributed by atoms with Crippen molar-refractivity contribution in [2.45, 2.75) is 16.7 Å². The van der Waals surface area contributed by atoms with Crippen LogP contribution < -0.4 is 0 Å². The molecule has 0 atom stereocenters. The predicted octanol–water partition coefficient (Wildman–Crippen LogP) is 0.599. The van der Waals surface area contributed by atoms with Gasteiger partial charge in [-0.1, -0.05) is 24.3 Å². The molecule has 0 aliphatic heterocycles. The molecule has 0 fully saturated rings. The summed E-state index contributed by atoms with van der Waals surface area (Å²) in [6, 6.07) is 7.53. The number of aliphatic carboxylic acids is 1. The zero-order valence-electron chi connectivity index (χ0n) is 11.7. The van der Waals surface area contributed by atoms with Gasteiger partial charge in [-0.25, -0.2) is 0 Å². The van der Waals surface area contributed by atoms with Crippen LogP contribution in [0, 0.1) is 0 Å². The molecule has 0 saturated carbocycles. The Labute approximate surface area is 132 Å². The molecule has 11 heteroatoms. The van der Waals surface area contributed by atoms with Crippen LogP contribution in [0.1, 0.15) is 6.92 Å². The van der Waals surface area contributed by atoms with E-state index in [1.807, 2.05) is 0 Å². The Kier molecular flexibility index (Phi) is 6.81. The minimum atomic E-state index is -4.47. The predicted molar refractivity (Wildman–Crippen MR) is 80.5 cm³/mol. The molecule has 0 heterocycles. The van der Waals surface area contributed by atoms with E-state index in [1.165, 1.54) is 24.3 Å². The Bertz CT molecular complexity index is 839. The lowest BCUT2D eigenvalue weighted by Gasteiger charge is -2.06. The first-order valence-corrected chi connectivity index (χ1v) is 8.49. The molecule has 2 rings (SSSR count). The molecule has 0 bridgehead atoms. The van der Waals surface area contributed by atoms with Gasteiger partial charge in [0.25, 0.3) is 26.2 Å². The van der Waals surface area contributed by atoms with Crippen molar-refractivity contribution >= 4 is 37.0 Å². The molecular weight excluding hydrogens is 352 g/mol. The number of carbonyl (C=O) groups is 1. The number of hydrogen-bond acceptors (Lipinski definition) is 5. The van der Waals surface area contributed by atoms with Crippen molar-refractivity contribution in [2.75, 3.05) is 0 Å². The highest BCUT2D eigenvalue weighted by Crippen LogP contribution is 2.27. The first-order valence-electron chi connectivity index (χ1n) is 5.61. The van der Waals surface area contributed by atoms with E-state index in [0.29, 0.717) is 0 Å². The summed E-state index contributed by atoms with van der Waals surface area (Å²) in [4.78, 5) is 8.18. The lowest BCUT2D eigenvalue weighted by atomic mass is 10.1. The number of fused-ring (bicyclic) bond motifs is 1. The number of carboxylic acids is 1. The van der Waals surface area contributed by atoms with Gasteiger partial charge in [0.2, 0.25) is 0 Å². The second-order valence-corrected chi connectivity index (χ2v) is 6.86. The maximum atomic E-state index is 11.2. The van der Waals surface area contributed by atoms with E-state index in [1.54, 1.807) is 0 Å². The molecule has 0 aliphatic carbocycles. The summed E-state index contributed by atoms with van der Waals surface area (Å²) in [6.45, 7) is 1.08. The van der Waals surface area contributed by atoms with Crippen molar-refractivity contribution < 1.29 is 41.3 Å². The van der Waals surface area contributed by atoms with Gasteiger partial charge in [0.05, 0.1) is 0 Å². The Morgan fingerprint density at radius 3 is 1.30 bits per heavy atom. The fourth-order valence-electron chi connectivity index (χ4n) is 1.70. The van der Waals surface area contributed by atoms with Crippen LogP contribution in [0.4, 0.5) is 0 Å². The summed E-state index contributed by atoms with van der Waals surface area (Å²) in [6.07, 6.45) is 0. The standard InChI is InChI=1S/C10H8O6S2.C2H4O2.H2O/c11-17(12,13)9-5-1-3-7-8(9)4-2-6-10(7)18(14,15)16;1-2(3)4;/h1-6H,(H,11,12,13)(H,14,15,16);1H3,(H,3,4);1H2. The Morgan fingerprint density at radius 1 is 0.826 bits per heavy atom. The molecule has 5 N–H and O–H groups in total. The minimum Gasteiger partial charge on any atom is -0.481 e. The molecule has 0 aliphatic rings. The van der Waals surface area contributed by atoms with Gasteiger partial charge in [-0.2, -0.15) is 16.8 Å². The Hall–Kier alpha value is -2.05. The van der Waals surface area contributed by atoms with E-state index in [9.17, 15) is 16.8 Å². The van der Waals surface area contributed by atoms with Gasteiger partial charge in [-0.3, -0.25) is 13.9 Å². The van der Waals surface area contributed by atoms with Gasteiger partial charge in [-0.05, 0) is 12.1 Å². The van der Waals surface area contributed by atoms with Crippen molar-refractivity contribution in [3.63, 3.8) is 0 Å². The Balaban J connectivity index is 0.000000871. The van der Waals surface area contributed by atoms with E-state index in [2.05, 4.69) is 0 Å². The lowest BCUT2D eigenvalue weighted by Crippen LogP contribution is -2.02. The summed E-state index contributed by atoms with van der Waals surface area (Å²) in [5, 5.41) is 7.46. The van der Waals surface area contributed by atoms with Crippen LogP contribution in [0.15, 0.2) is 46.2 Å². The highest BCUT2D eigenvalue weighted by molar-refractivity contribution is 7.86. The van der Waals surface area contributed by atoms with E-state index in [-0.39, 0.29) is 16.2 Å². The Morgan fingerprint density at radius 2 is 1.09 bits per heavy atom. The summed E-state index contributed by atoms with van der Waals surface area (Å²) < 4.78 is 62.7. The third kappa shape index (κ3) is 5.58. The van der Waals surface area contributed by atoms with Gasteiger partial charge in [0, 0.05) is 17.7 Å². The highest BCUT2D eigenvalue weighted by atomic mass is 32.2. The zero-order chi connectivity index (χ0) is 17.1. The van der Waals surface area contributed by atoms with E-state index in [0.717, 1.165) is 19.1 Å². The second-order valence-electron chi connectivity index (χ2n) is 4.08. The first-order chi connectivity index (χ1) is 9.94. The highest BCUT2D eigenvalue weighted by Gasteiger charge is 2.18. The molecule has 0 unspecified atom stereocenters. The average molecular weight is 366 g/mol. The fraction of sp³-hybridized carbons (Fsp3) is 0.0833. The molecule has 0 radical (unpaired) electrons. The van der Waals surface area contributed by atoms with Gasteiger partial charge in [-0.15, -0.1) is 0 Å². The largest absolute Gasteiger partial charge is 0.481 e. The summed E-state index contributed by atoms with van der Waals surface area (Å²) in [5.74, 6) is -0.833. The number of carboxylic acid groups (broad SMARTS) is 1. The van der Waals surface area contributed by atoms with E-state index < -0.39 is 36.0 Å². The molecule has 128 valence electrons. The molecule has 9 nitrogen and oxygen atoms in total. The van der Waals surface area contributed by atoms with Crippen LogP contribution in [0.25, 0.3) is 10.8 Å². The number of benzene rings is 2. The van der Waals surface area contributed by atoms with Crippen molar-refractivity contribution in [3.05, 3.63) is 36.4 Å². The monoisotopic (exact) mass is 366 g/mol. The van der Waals surface area contributed by atoms with Crippen LogP contribution in [0.5, 0.6) is 0 Å². The van der Waals surface area contributed by atoms with Gasteiger partial charge in [0.1, 0.15) is 9.79 Å². The first kappa shape index (κ1) is 20.9. The molecule has 23 heavy (non-hydrogen) atoms. The SMILES string of the molecule is CC(=O)O.O.O=S(=O)(O)c1cccc2c(S(=O)(=O)O)cccc12. The van der Waals surface area contributed by atoms with Crippen molar-refractivity contribution in [3.8, 4) is 0 Å². The third-order valence-corrected chi connectivity index (χ3v) is 4.22. The minimum absolute atomic E-state index is 0. The molecule has 0 saturated heterocycles. The van der Waals surface area contributed by atoms with E-state index >= 15 is 0 Å². The van der Waals surface area contributed by atoms with Crippen molar-refractivity contribution in [1.82, 2.24) is 0 Å². The molecule has 0 spiro atoms. The second kappa shape index (κ2) is 7.48. The van der Waals surface area contributed by atoms with Crippen molar-refractivity contribution in [1.29, 1.82) is 0 Å². The maximum Gasteiger partial charge on any atom is 0.300 e. The maximum absolute atomic E-state index is 11.2. The van der Waals surface area contributed by atoms with Crippen LogP contribution in [-0.2, 0) is 25.0 Å². The van der Waals surface area contributed by atoms with Gasteiger partial charge < -0.3 is 10.6 Å². The molecule has 2 aromatic rings. The third-order valence-electron chi connectivity index (χ3n) is 2.40. The summed E-state index contributed by atoms with van der Waals surface area (Å²) >= 11 is 0. The van der Waals surface area contributed by atoms with Crippen LogP contribution >= 0.6 is 0 Å². The quantitative estimate of drug-likeness (QED) is 0.646. The lowest BCUT2D eigenvalue weighted by molar-refractivity contribution is -0.134. The topological polar surface area (TPSA) is 178 Å². The molecule has 0 amide bonds. The van der Waals surface area contributed by atoms with Crippen LogP contribution in [-0.4, -0.2) is 42.5 Å². The zero-order valence-corrected chi connectivity index (χ0v) is 13.3. The van der Waals surface area contributed by atoms with Gasteiger partial charge >= 0.3 is 0 Å². The van der Waals surface area contributed by atoms with E-state index in [4.69, 9.17) is 19.0 Å². The van der Waals surface area contributed by atoms with Crippen molar-refractivity contribution in [2.24, 2.45) is 0 Å². The number of rotatable bonds is 2. The summed E-state index contributed by atoms with van der Waals surface area (Å²) in [5.41, 5.74) is 0. The average Bonchev–Trinajstić information content (AvgIpc) is 2.34. The van der Waals surface area contributed by atoms with Crippen LogP contribution in [0.3, 0.4) is 0 Å². The molecular formula is C12H14O9S2.